The Balaban J connectivity index is 2.61. The van der Waals surface area contributed by atoms with Crippen LogP contribution < -0.4 is 5.32 Å². The highest BCUT2D eigenvalue weighted by Gasteiger charge is 2.13. The summed E-state index contributed by atoms with van der Waals surface area (Å²) in [6.45, 7) is 6.61. The summed E-state index contributed by atoms with van der Waals surface area (Å²) in [5, 5.41) is 19.8. The number of carbonyl (C=O) groups is 2. The van der Waals surface area contributed by atoms with Gasteiger partial charge < -0.3 is 15.5 Å². The van der Waals surface area contributed by atoms with Crippen LogP contribution >= 0.6 is 0 Å². The summed E-state index contributed by atoms with van der Waals surface area (Å²) >= 11 is 0. The molecule has 0 aliphatic carbocycles. The molecule has 0 atom stereocenters. The van der Waals surface area contributed by atoms with Gasteiger partial charge in [0.15, 0.2) is 0 Å². The van der Waals surface area contributed by atoms with Crippen molar-refractivity contribution in [1.82, 2.24) is 5.32 Å². The van der Waals surface area contributed by atoms with E-state index in [4.69, 9.17) is 10.2 Å². The van der Waals surface area contributed by atoms with Crippen LogP contribution in [0.5, 0.6) is 0 Å². The molecule has 5 heteroatoms. The van der Waals surface area contributed by atoms with Gasteiger partial charge in [0.05, 0.1) is 6.08 Å². The summed E-state index contributed by atoms with van der Waals surface area (Å²) in [4.78, 5) is 21.7. The first-order valence-corrected chi connectivity index (χ1v) is 6.21. The van der Waals surface area contributed by atoms with Crippen molar-refractivity contribution in [3.63, 3.8) is 0 Å². The summed E-state index contributed by atoms with van der Waals surface area (Å²) in [5.41, 5.74) is 2.16. The molecule has 5 nitrogen and oxygen atoms in total. The van der Waals surface area contributed by atoms with Crippen LogP contribution in [0.1, 0.15) is 31.9 Å². The minimum atomic E-state index is -1.53. The standard InChI is InChI=1S/C15H19NO4/c1-15(2,3)11-6-4-10(5-7-11)9-16-13(18)8-12(17)14(19)20/h4-8,17H,9H2,1-3H3,(H,16,18)(H,19,20)/b12-8-. The highest BCUT2D eigenvalue weighted by molar-refractivity contribution is 5.95. The van der Waals surface area contributed by atoms with Crippen LogP contribution in [0.15, 0.2) is 36.1 Å². The fraction of sp³-hybridized carbons (Fsp3) is 0.333. The SMILES string of the molecule is CC(C)(C)c1ccc(CNC(=O)/C=C(\O)C(=O)O)cc1. The average Bonchev–Trinajstić information content (AvgIpc) is 2.35. The Kier molecular flexibility index (Phi) is 4.91. The van der Waals surface area contributed by atoms with Gasteiger partial charge in [-0.05, 0) is 16.5 Å². The van der Waals surface area contributed by atoms with Gasteiger partial charge in [0.25, 0.3) is 0 Å². The minimum absolute atomic E-state index is 0.0673. The number of carbonyl (C=O) groups excluding carboxylic acids is 1. The molecule has 0 aromatic heterocycles. The van der Waals surface area contributed by atoms with E-state index in [0.29, 0.717) is 6.08 Å². The van der Waals surface area contributed by atoms with Crippen molar-refractivity contribution in [2.24, 2.45) is 0 Å². The number of aliphatic carboxylic acids is 1. The van der Waals surface area contributed by atoms with Crippen LogP contribution in [-0.2, 0) is 21.5 Å². The molecule has 1 amide bonds. The van der Waals surface area contributed by atoms with E-state index in [9.17, 15) is 9.59 Å². The molecule has 3 N–H and O–H groups in total. The van der Waals surface area contributed by atoms with Crippen molar-refractivity contribution in [2.75, 3.05) is 0 Å². The number of amides is 1. The van der Waals surface area contributed by atoms with E-state index in [1.165, 1.54) is 5.56 Å². The normalized spacial score (nSPS) is 12.1. The number of nitrogens with one attached hydrogen (secondary N) is 1. The van der Waals surface area contributed by atoms with Crippen molar-refractivity contribution in [1.29, 1.82) is 0 Å². The maximum atomic E-state index is 11.3. The van der Waals surface area contributed by atoms with E-state index >= 15 is 0 Å². The molecule has 0 saturated heterocycles. The smallest absolute Gasteiger partial charge is 0.371 e. The Morgan fingerprint density at radius 3 is 2.15 bits per heavy atom. The van der Waals surface area contributed by atoms with Crippen LogP contribution in [-0.4, -0.2) is 22.1 Å². The van der Waals surface area contributed by atoms with E-state index in [1.807, 2.05) is 24.3 Å². The third-order valence-electron chi connectivity index (χ3n) is 2.77. The molecule has 0 saturated carbocycles. The first-order chi connectivity index (χ1) is 9.20. The summed E-state index contributed by atoms with van der Waals surface area (Å²) in [6, 6.07) is 7.79. The quantitative estimate of drug-likeness (QED) is 0.581. The molecule has 20 heavy (non-hydrogen) atoms. The van der Waals surface area contributed by atoms with Gasteiger partial charge in [-0.1, -0.05) is 45.0 Å². The molecule has 1 rings (SSSR count). The maximum absolute atomic E-state index is 11.3. The number of carboxylic acids is 1. The molecule has 1 aromatic rings. The van der Waals surface area contributed by atoms with Gasteiger partial charge in [-0.15, -0.1) is 0 Å². The molecule has 0 fully saturated rings. The highest BCUT2D eigenvalue weighted by Crippen LogP contribution is 2.22. The lowest BCUT2D eigenvalue weighted by atomic mass is 9.87. The van der Waals surface area contributed by atoms with E-state index in [0.717, 1.165) is 5.56 Å². The van der Waals surface area contributed by atoms with Crippen LogP contribution in [0.2, 0.25) is 0 Å². The van der Waals surface area contributed by atoms with Crippen molar-refractivity contribution in [3.05, 3.63) is 47.2 Å². The molecule has 0 bridgehead atoms. The van der Waals surface area contributed by atoms with Crippen LogP contribution in [0.4, 0.5) is 0 Å². The Bertz CT molecular complexity index is 524. The number of aliphatic hydroxyl groups is 1. The number of aliphatic hydroxyl groups excluding tert-OH is 1. The largest absolute Gasteiger partial charge is 0.502 e. The first-order valence-electron chi connectivity index (χ1n) is 6.21. The second-order valence-corrected chi connectivity index (χ2v) is 5.50. The molecule has 0 unspecified atom stereocenters. The summed E-state index contributed by atoms with van der Waals surface area (Å²) in [7, 11) is 0. The fourth-order valence-corrected chi connectivity index (χ4v) is 1.55. The molecule has 0 heterocycles. The van der Waals surface area contributed by atoms with Gasteiger partial charge in [-0.3, -0.25) is 4.79 Å². The van der Waals surface area contributed by atoms with Crippen molar-refractivity contribution < 1.29 is 19.8 Å². The molecule has 108 valence electrons. The molecule has 0 spiro atoms. The van der Waals surface area contributed by atoms with Crippen molar-refractivity contribution >= 4 is 11.9 Å². The summed E-state index contributed by atoms with van der Waals surface area (Å²) in [5.74, 6) is -3.16. The minimum Gasteiger partial charge on any atom is -0.502 e. The van der Waals surface area contributed by atoms with Gasteiger partial charge >= 0.3 is 5.97 Å². The fourth-order valence-electron chi connectivity index (χ4n) is 1.55. The van der Waals surface area contributed by atoms with E-state index in [-0.39, 0.29) is 12.0 Å². The molecule has 0 aliphatic rings. The van der Waals surface area contributed by atoms with E-state index < -0.39 is 17.6 Å². The van der Waals surface area contributed by atoms with E-state index in [2.05, 4.69) is 26.1 Å². The molecule has 1 aromatic carbocycles. The average molecular weight is 277 g/mol. The highest BCUT2D eigenvalue weighted by atomic mass is 16.4. The second kappa shape index (κ2) is 6.23. The van der Waals surface area contributed by atoms with Crippen LogP contribution in [0.3, 0.4) is 0 Å². The van der Waals surface area contributed by atoms with Gasteiger partial charge in [0.1, 0.15) is 0 Å². The summed E-state index contributed by atoms with van der Waals surface area (Å²) < 4.78 is 0. The van der Waals surface area contributed by atoms with Gasteiger partial charge in [0.2, 0.25) is 11.7 Å². The number of rotatable bonds is 4. The third-order valence-corrected chi connectivity index (χ3v) is 2.77. The Hall–Kier alpha value is -2.30. The van der Waals surface area contributed by atoms with Crippen LogP contribution in [0, 0.1) is 0 Å². The van der Waals surface area contributed by atoms with Crippen molar-refractivity contribution in [3.8, 4) is 0 Å². The second-order valence-electron chi connectivity index (χ2n) is 5.50. The lowest BCUT2D eigenvalue weighted by Gasteiger charge is -2.19. The lowest BCUT2D eigenvalue weighted by molar-refractivity contribution is -0.136. The van der Waals surface area contributed by atoms with E-state index in [1.54, 1.807) is 0 Å². The third kappa shape index (κ3) is 4.76. The zero-order valence-electron chi connectivity index (χ0n) is 11.8. The zero-order valence-corrected chi connectivity index (χ0v) is 11.8. The first kappa shape index (κ1) is 15.8. The Morgan fingerprint density at radius 1 is 1.15 bits per heavy atom. The zero-order chi connectivity index (χ0) is 15.3. The molecular formula is C15H19NO4. The molecular weight excluding hydrogens is 258 g/mol. The lowest BCUT2D eigenvalue weighted by Crippen LogP contribution is -2.22. The maximum Gasteiger partial charge on any atom is 0.371 e. The predicted octanol–water partition coefficient (Wildman–Crippen LogP) is 2.13. The number of benzene rings is 1. The Morgan fingerprint density at radius 2 is 1.70 bits per heavy atom. The predicted molar refractivity (Wildman–Crippen MR) is 75.3 cm³/mol. The van der Waals surface area contributed by atoms with Gasteiger partial charge in [-0.25, -0.2) is 4.79 Å². The van der Waals surface area contributed by atoms with Crippen LogP contribution in [0.25, 0.3) is 0 Å². The van der Waals surface area contributed by atoms with Gasteiger partial charge in [0, 0.05) is 6.54 Å². The van der Waals surface area contributed by atoms with Crippen molar-refractivity contribution in [2.45, 2.75) is 32.7 Å². The molecule has 0 radical (unpaired) electrons. The number of hydrogen-bond acceptors (Lipinski definition) is 3. The number of hydrogen-bond donors (Lipinski definition) is 3. The molecule has 0 aliphatic heterocycles. The topological polar surface area (TPSA) is 86.6 Å². The monoisotopic (exact) mass is 277 g/mol. The Labute approximate surface area is 117 Å². The van der Waals surface area contributed by atoms with Gasteiger partial charge in [-0.2, -0.15) is 0 Å². The summed E-state index contributed by atoms with van der Waals surface area (Å²) in [6.07, 6.45) is 0.645. The number of carboxylic acid groups (broad SMARTS) is 1.